The maximum atomic E-state index is 12.5. The van der Waals surface area contributed by atoms with Crippen LogP contribution >= 0.6 is 11.6 Å². The second kappa shape index (κ2) is 7.51. The highest BCUT2D eigenvalue weighted by Crippen LogP contribution is 2.30. The quantitative estimate of drug-likeness (QED) is 0.559. The van der Waals surface area contributed by atoms with Crippen molar-refractivity contribution in [2.45, 2.75) is 6.04 Å². The molecule has 0 aliphatic rings. The Bertz CT molecular complexity index is 1320. The van der Waals surface area contributed by atoms with Crippen LogP contribution in [-0.4, -0.2) is 9.55 Å². The van der Waals surface area contributed by atoms with E-state index in [0.717, 1.165) is 27.6 Å². The highest BCUT2D eigenvalue weighted by molar-refractivity contribution is 6.30. The number of rotatable bonds is 3. The molecule has 5 nitrogen and oxygen atoms in total. The van der Waals surface area contributed by atoms with Gasteiger partial charge in [0.2, 0.25) is 0 Å². The van der Waals surface area contributed by atoms with E-state index in [2.05, 4.69) is 11.1 Å². The van der Waals surface area contributed by atoms with E-state index in [4.69, 9.17) is 17.3 Å². The summed E-state index contributed by atoms with van der Waals surface area (Å²) in [5.41, 5.74) is 10.6. The number of aryl methyl sites for hydroxylation is 1. The molecule has 0 aliphatic heterocycles. The van der Waals surface area contributed by atoms with Crippen LogP contribution in [0.15, 0.2) is 71.7 Å². The highest BCUT2D eigenvalue weighted by Gasteiger charge is 2.15. The standard InChI is InChI=1S/C23H17ClN4O/c1-28-21(29)11-19(16-4-2-3-14(9-16)12-25)20-10-17(13-27-23(20)28)22(26)15-5-7-18(24)8-6-15/h2-11,13,22H,26H2,1H3. The minimum Gasteiger partial charge on any atom is -0.320 e. The molecule has 29 heavy (non-hydrogen) atoms. The maximum absolute atomic E-state index is 12.5. The van der Waals surface area contributed by atoms with Gasteiger partial charge < -0.3 is 5.73 Å². The van der Waals surface area contributed by atoms with E-state index in [-0.39, 0.29) is 11.6 Å². The van der Waals surface area contributed by atoms with E-state index in [1.165, 1.54) is 4.57 Å². The largest absolute Gasteiger partial charge is 0.320 e. The average Bonchev–Trinajstić information content (AvgIpc) is 2.76. The van der Waals surface area contributed by atoms with E-state index in [1.807, 2.05) is 24.3 Å². The van der Waals surface area contributed by atoms with Gasteiger partial charge in [0, 0.05) is 29.7 Å². The zero-order valence-corrected chi connectivity index (χ0v) is 16.4. The lowest BCUT2D eigenvalue weighted by molar-refractivity contribution is 0.854. The fraction of sp³-hybridized carbons (Fsp3) is 0.0870. The topological polar surface area (TPSA) is 84.7 Å². The summed E-state index contributed by atoms with van der Waals surface area (Å²) in [6, 6.07) is 19.8. The van der Waals surface area contributed by atoms with E-state index in [1.54, 1.807) is 49.6 Å². The van der Waals surface area contributed by atoms with Crippen molar-refractivity contribution < 1.29 is 0 Å². The minimum absolute atomic E-state index is 0.169. The second-order valence-electron chi connectivity index (χ2n) is 6.82. The Hall–Kier alpha value is -3.46. The van der Waals surface area contributed by atoms with Crippen molar-refractivity contribution in [3.8, 4) is 17.2 Å². The predicted molar refractivity (Wildman–Crippen MR) is 115 cm³/mol. The van der Waals surface area contributed by atoms with Gasteiger partial charge in [0.15, 0.2) is 0 Å². The van der Waals surface area contributed by atoms with Gasteiger partial charge in [-0.05, 0) is 52.6 Å². The van der Waals surface area contributed by atoms with Crippen molar-refractivity contribution >= 4 is 22.6 Å². The lowest BCUT2D eigenvalue weighted by Crippen LogP contribution is -2.18. The van der Waals surface area contributed by atoms with Crippen LogP contribution < -0.4 is 11.3 Å². The second-order valence-corrected chi connectivity index (χ2v) is 7.25. The van der Waals surface area contributed by atoms with Crippen LogP contribution in [0.5, 0.6) is 0 Å². The molecule has 2 aromatic carbocycles. The molecular formula is C23H17ClN4O. The molecule has 4 aromatic rings. The van der Waals surface area contributed by atoms with Gasteiger partial charge in [0.25, 0.3) is 5.56 Å². The Balaban J connectivity index is 1.93. The SMILES string of the molecule is Cn1c(=O)cc(-c2cccc(C#N)c2)c2cc(C(N)c3ccc(Cl)cc3)cnc21. The molecule has 2 heterocycles. The summed E-state index contributed by atoms with van der Waals surface area (Å²) >= 11 is 5.98. The summed E-state index contributed by atoms with van der Waals surface area (Å²) in [6.45, 7) is 0. The minimum atomic E-state index is -0.389. The number of nitrogens with zero attached hydrogens (tertiary/aromatic N) is 3. The van der Waals surface area contributed by atoms with Gasteiger partial charge in [-0.15, -0.1) is 0 Å². The molecular weight excluding hydrogens is 384 g/mol. The Morgan fingerprint density at radius 3 is 2.59 bits per heavy atom. The molecule has 0 saturated carbocycles. The van der Waals surface area contributed by atoms with Crippen molar-refractivity contribution in [1.82, 2.24) is 9.55 Å². The molecule has 0 bridgehead atoms. The fourth-order valence-electron chi connectivity index (χ4n) is 3.37. The molecule has 2 aromatic heterocycles. The molecule has 0 radical (unpaired) electrons. The number of pyridine rings is 2. The summed E-state index contributed by atoms with van der Waals surface area (Å²) in [5, 5.41) is 10.7. The summed E-state index contributed by atoms with van der Waals surface area (Å²) in [6.07, 6.45) is 1.69. The van der Waals surface area contributed by atoms with Gasteiger partial charge >= 0.3 is 0 Å². The normalized spacial score (nSPS) is 11.9. The summed E-state index contributed by atoms with van der Waals surface area (Å²) in [7, 11) is 1.69. The van der Waals surface area contributed by atoms with Crippen LogP contribution in [0.2, 0.25) is 5.02 Å². The maximum Gasteiger partial charge on any atom is 0.252 e. The number of fused-ring (bicyclic) bond motifs is 1. The predicted octanol–water partition coefficient (Wildman–Crippen LogP) is 4.17. The van der Waals surface area contributed by atoms with E-state index >= 15 is 0 Å². The van der Waals surface area contributed by atoms with Gasteiger partial charge in [-0.3, -0.25) is 9.36 Å². The molecule has 0 saturated heterocycles. The fourth-order valence-corrected chi connectivity index (χ4v) is 3.50. The van der Waals surface area contributed by atoms with E-state index in [9.17, 15) is 10.1 Å². The first-order valence-electron chi connectivity index (χ1n) is 8.99. The average molecular weight is 401 g/mol. The third kappa shape index (κ3) is 3.52. The zero-order valence-electron chi connectivity index (χ0n) is 15.6. The summed E-state index contributed by atoms with van der Waals surface area (Å²) in [5.74, 6) is 0. The van der Waals surface area contributed by atoms with Crippen LogP contribution in [0.25, 0.3) is 22.2 Å². The number of aromatic nitrogens is 2. The number of halogens is 1. The van der Waals surface area contributed by atoms with Crippen molar-refractivity contribution in [2.75, 3.05) is 0 Å². The number of nitriles is 1. The Labute approximate surface area is 172 Å². The van der Waals surface area contributed by atoms with Crippen molar-refractivity contribution in [3.05, 3.63) is 98.9 Å². The first-order valence-corrected chi connectivity index (χ1v) is 9.37. The lowest BCUT2D eigenvalue weighted by atomic mass is 9.96. The molecule has 1 unspecified atom stereocenters. The van der Waals surface area contributed by atoms with Crippen LogP contribution in [0, 0.1) is 11.3 Å². The summed E-state index contributed by atoms with van der Waals surface area (Å²) < 4.78 is 1.50. The van der Waals surface area contributed by atoms with Crippen molar-refractivity contribution in [1.29, 1.82) is 5.26 Å². The lowest BCUT2D eigenvalue weighted by Gasteiger charge is -2.16. The molecule has 0 spiro atoms. The zero-order chi connectivity index (χ0) is 20.5. The number of hydrogen-bond acceptors (Lipinski definition) is 4. The monoisotopic (exact) mass is 400 g/mol. The molecule has 4 rings (SSSR count). The molecule has 1 atom stereocenters. The van der Waals surface area contributed by atoms with E-state index < -0.39 is 0 Å². The third-order valence-corrected chi connectivity index (χ3v) is 5.24. The van der Waals surface area contributed by atoms with Crippen LogP contribution in [-0.2, 0) is 7.05 Å². The molecule has 6 heteroatoms. The molecule has 2 N–H and O–H groups in total. The van der Waals surface area contributed by atoms with Gasteiger partial charge in [0.1, 0.15) is 5.65 Å². The Morgan fingerprint density at radius 2 is 1.86 bits per heavy atom. The first kappa shape index (κ1) is 18.9. The smallest absolute Gasteiger partial charge is 0.252 e. The number of hydrogen-bond donors (Lipinski definition) is 1. The molecule has 0 fully saturated rings. The van der Waals surface area contributed by atoms with Crippen molar-refractivity contribution in [2.24, 2.45) is 12.8 Å². The molecule has 142 valence electrons. The molecule has 0 aliphatic carbocycles. The Kier molecular flexibility index (Phi) is 4.89. The number of benzene rings is 2. The summed E-state index contributed by atoms with van der Waals surface area (Å²) in [4.78, 5) is 17.0. The van der Waals surface area contributed by atoms with Gasteiger partial charge in [0.05, 0.1) is 17.7 Å². The van der Waals surface area contributed by atoms with Gasteiger partial charge in [-0.2, -0.15) is 5.26 Å². The Morgan fingerprint density at radius 1 is 1.10 bits per heavy atom. The van der Waals surface area contributed by atoms with E-state index in [0.29, 0.717) is 16.2 Å². The van der Waals surface area contributed by atoms with Gasteiger partial charge in [-0.25, -0.2) is 4.98 Å². The van der Waals surface area contributed by atoms with Crippen LogP contribution in [0.3, 0.4) is 0 Å². The third-order valence-electron chi connectivity index (χ3n) is 4.98. The van der Waals surface area contributed by atoms with Crippen LogP contribution in [0.1, 0.15) is 22.7 Å². The van der Waals surface area contributed by atoms with Gasteiger partial charge in [-0.1, -0.05) is 35.9 Å². The van der Waals surface area contributed by atoms with Crippen molar-refractivity contribution in [3.63, 3.8) is 0 Å². The number of nitrogens with two attached hydrogens (primary N) is 1. The molecule has 0 amide bonds. The first-order chi connectivity index (χ1) is 14.0. The van der Waals surface area contributed by atoms with Crippen LogP contribution in [0.4, 0.5) is 0 Å². The highest BCUT2D eigenvalue weighted by atomic mass is 35.5.